The summed E-state index contributed by atoms with van der Waals surface area (Å²) in [7, 11) is 0. The van der Waals surface area contributed by atoms with Crippen molar-refractivity contribution in [2.75, 3.05) is 5.32 Å². The minimum absolute atomic E-state index is 0.0500. The number of aryl methyl sites for hydroxylation is 1. The van der Waals surface area contributed by atoms with Crippen LogP contribution >= 0.6 is 27.5 Å². The minimum atomic E-state index is -0.824. The average Bonchev–Trinajstić information content (AvgIpc) is 2.75. The van der Waals surface area contributed by atoms with E-state index < -0.39 is 6.10 Å². The van der Waals surface area contributed by atoms with Gasteiger partial charge in [0, 0.05) is 20.7 Å². The number of nitrogens with one attached hydrogen (secondary N) is 1. The second-order valence-corrected chi connectivity index (χ2v) is 6.54. The molecule has 21 heavy (non-hydrogen) atoms. The highest BCUT2D eigenvalue weighted by atomic mass is 79.9. The Labute approximate surface area is 136 Å². The molecule has 1 unspecified atom stereocenters. The summed E-state index contributed by atoms with van der Waals surface area (Å²) in [4.78, 5) is 11.4. The van der Waals surface area contributed by atoms with Crippen molar-refractivity contribution in [2.45, 2.75) is 19.4 Å². The van der Waals surface area contributed by atoms with Crippen LogP contribution in [0.2, 0.25) is 5.02 Å². The number of rotatable bonds is 2. The number of hydrogen-bond acceptors (Lipinski definition) is 2. The van der Waals surface area contributed by atoms with E-state index in [1.165, 1.54) is 0 Å². The SMILES string of the molecule is Cc1cc(Br)cc(C(O)c2cc3c(cc2Cl)NC(=O)C3)c1. The van der Waals surface area contributed by atoms with Crippen molar-refractivity contribution in [3.63, 3.8) is 0 Å². The molecule has 0 aliphatic carbocycles. The van der Waals surface area contributed by atoms with E-state index in [0.29, 0.717) is 17.0 Å². The number of hydrogen-bond donors (Lipinski definition) is 2. The standard InChI is InChI=1S/C16H13BrClNO2/c1-8-2-10(4-11(17)3-8)16(21)12-5-9-6-15(20)19-14(9)7-13(12)18/h2-5,7,16,21H,6H2,1H3,(H,19,20). The zero-order valence-electron chi connectivity index (χ0n) is 11.3. The lowest BCUT2D eigenvalue weighted by atomic mass is 9.97. The van der Waals surface area contributed by atoms with E-state index in [2.05, 4.69) is 21.2 Å². The van der Waals surface area contributed by atoms with Gasteiger partial charge in [0.2, 0.25) is 5.91 Å². The first-order valence-electron chi connectivity index (χ1n) is 6.51. The summed E-state index contributed by atoms with van der Waals surface area (Å²) in [5.41, 5.74) is 4.02. The number of carbonyl (C=O) groups excluding carboxylic acids is 1. The molecule has 0 bridgehead atoms. The third kappa shape index (κ3) is 2.84. The maximum absolute atomic E-state index is 11.4. The first-order chi connectivity index (χ1) is 9.94. The van der Waals surface area contributed by atoms with Crippen LogP contribution in [-0.2, 0) is 11.2 Å². The molecule has 2 aromatic carbocycles. The van der Waals surface area contributed by atoms with Gasteiger partial charge in [0.25, 0.3) is 0 Å². The highest BCUT2D eigenvalue weighted by molar-refractivity contribution is 9.10. The Morgan fingerprint density at radius 1 is 1.29 bits per heavy atom. The van der Waals surface area contributed by atoms with Crippen LogP contribution in [0.25, 0.3) is 0 Å². The number of aliphatic hydroxyl groups is 1. The fraction of sp³-hybridized carbons (Fsp3) is 0.188. The van der Waals surface area contributed by atoms with Crippen molar-refractivity contribution in [1.29, 1.82) is 0 Å². The summed E-state index contributed by atoms with van der Waals surface area (Å²) in [6, 6.07) is 9.26. The lowest BCUT2D eigenvalue weighted by Crippen LogP contribution is -2.03. The Morgan fingerprint density at radius 3 is 2.76 bits per heavy atom. The molecule has 0 saturated carbocycles. The van der Waals surface area contributed by atoms with E-state index >= 15 is 0 Å². The maximum atomic E-state index is 11.4. The van der Waals surface area contributed by atoms with E-state index in [9.17, 15) is 9.90 Å². The fourth-order valence-corrected chi connectivity index (χ4v) is 3.47. The molecule has 2 aromatic rings. The van der Waals surface area contributed by atoms with E-state index in [1.807, 2.05) is 25.1 Å². The molecule has 1 heterocycles. The predicted octanol–water partition coefficient (Wildman–Crippen LogP) is 3.99. The second kappa shape index (κ2) is 5.44. The molecule has 1 atom stereocenters. The van der Waals surface area contributed by atoms with Gasteiger partial charge in [0.15, 0.2) is 0 Å². The topological polar surface area (TPSA) is 49.3 Å². The summed E-state index contributed by atoms with van der Waals surface area (Å²) in [5, 5.41) is 13.8. The first kappa shape index (κ1) is 14.6. The summed E-state index contributed by atoms with van der Waals surface area (Å²) >= 11 is 9.69. The predicted molar refractivity (Wildman–Crippen MR) is 86.7 cm³/mol. The monoisotopic (exact) mass is 365 g/mol. The van der Waals surface area contributed by atoms with Crippen molar-refractivity contribution in [2.24, 2.45) is 0 Å². The van der Waals surface area contributed by atoms with Crippen LogP contribution in [0.3, 0.4) is 0 Å². The van der Waals surface area contributed by atoms with Crippen LogP contribution in [0.5, 0.6) is 0 Å². The Morgan fingerprint density at radius 2 is 2.05 bits per heavy atom. The molecule has 1 aliphatic rings. The van der Waals surface area contributed by atoms with Gasteiger partial charge in [-0.15, -0.1) is 0 Å². The Kier molecular flexibility index (Phi) is 3.78. The molecule has 0 aromatic heterocycles. The second-order valence-electron chi connectivity index (χ2n) is 5.22. The normalized spacial score (nSPS) is 14.8. The van der Waals surface area contributed by atoms with E-state index in [4.69, 9.17) is 11.6 Å². The number of halogens is 2. The zero-order valence-corrected chi connectivity index (χ0v) is 13.6. The summed E-state index contributed by atoms with van der Waals surface area (Å²) in [5.74, 6) is -0.0500. The quantitative estimate of drug-likeness (QED) is 0.844. The van der Waals surface area contributed by atoms with E-state index in [-0.39, 0.29) is 5.91 Å². The molecule has 2 N–H and O–H groups in total. The molecule has 1 aliphatic heterocycles. The zero-order chi connectivity index (χ0) is 15.1. The Balaban J connectivity index is 2.04. The number of fused-ring (bicyclic) bond motifs is 1. The Bertz CT molecular complexity index is 725. The molecule has 5 heteroatoms. The summed E-state index contributed by atoms with van der Waals surface area (Å²) < 4.78 is 0.908. The smallest absolute Gasteiger partial charge is 0.228 e. The van der Waals surface area contributed by atoms with Gasteiger partial charge < -0.3 is 10.4 Å². The molecule has 108 valence electrons. The van der Waals surface area contributed by atoms with E-state index in [1.54, 1.807) is 12.1 Å². The van der Waals surface area contributed by atoms with Gasteiger partial charge >= 0.3 is 0 Å². The fourth-order valence-electron chi connectivity index (χ4n) is 2.58. The van der Waals surface area contributed by atoms with Crippen molar-refractivity contribution < 1.29 is 9.90 Å². The minimum Gasteiger partial charge on any atom is -0.384 e. The molecular formula is C16H13BrClNO2. The highest BCUT2D eigenvalue weighted by Gasteiger charge is 2.23. The molecule has 1 amide bonds. The maximum Gasteiger partial charge on any atom is 0.228 e. The molecule has 3 nitrogen and oxygen atoms in total. The average molecular weight is 367 g/mol. The number of anilines is 1. The van der Waals surface area contributed by atoms with Crippen LogP contribution in [0.15, 0.2) is 34.8 Å². The molecule has 0 fully saturated rings. The molecule has 0 saturated heterocycles. The van der Waals surface area contributed by atoms with Crippen molar-refractivity contribution in [1.82, 2.24) is 0 Å². The van der Waals surface area contributed by atoms with Crippen molar-refractivity contribution >= 4 is 39.1 Å². The van der Waals surface area contributed by atoms with Gasteiger partial charge in [-0.05, 0) is 47.9 Å². The van der Waals surface area contributed by atoms with Crippen LogP contribution < -0.4 is 5.32 Å². The van der Waals surface area contributed by atoms with E-state index in [0.717, 1.165) is 26.9 Å². The van der Waals surface area contributed by atoms with Gasteiger partial charge in [-0.3, -0.25) is 4.79 Å². The first-order valence-corrected chi connectivity index (χ1v) is 7.68. The lowest BCUT2D eigenvalue weighted by molar-refractivity contribution is -0.115. The number of amides is 1. The molecule has 0 radical (unpaired) electrons. The Hall–Kier alpha value is -1.36. The van der Waals surface area contributed by atoms with Gasteiger partial charge in [0.05, 0.1) is 6.42 Å². The molecular weight excluding hydrogens is 354 g/mol. The molecule has 3 rings (SSSR count). The lowest BCUT2D eigenvalue weighted by Gasteiger charge is -2.16. The van der Waals surface area contributed by atoms with Crippen molar-refractivity contribution in [3.8, 4) is 0 Å². The van der Waals surface area contributed by atoms with Gasteiger partial charge in [0.1, 0.15) is 6.10 Å². The number of aliphatic hydroxyl groups excluding tert-OH is 1. The number of carbonyl (C=O) groups is 1. The van der Waals surface area contributed by atoms with Crippen LogP contribution in [0.4, 0.5) is 5.69 Å². The summed E-state index contributed by atoms with van der Waals surface area (Å²) in [6.45, 7) is 1.97. The summed E-state index contributed by atoms with van der Waals surface area (Å²) in [6.07, 6.45) is -0.501. The molecule has 0 spiro atoms. The van der Waals surface area contributed by atoms with Crippen LogP contribution in [0, 0.1) is 6.92 Å². The van der Waals surface area contributed by atoms with Crippen molar-refractivity contribution in [3.05, 3.63) is 62.1 Å². The third-order valence-corrected chi connectivity index (χ3v) is 4.31. The highest BCUT2D eigenvalue weighted by Crippen LogP contribution is 2.36. The largest absolute Gasteiger partial charge is 0.384 e. The van der Waals surface area contributed by atoms with Gasteiger partial charge in [-0.1, -0.05) is 33.6 Å². The number of benzene rings is 2. The third-order valence-electron chi connectivity index (χ3n) is 3.52. The van der Waals surface area contributed by atoms with Gasteiger partial charge in [-0.25, -0.2) is 0 Å². The van der Waals surface area contributed by atoms with Crippen LogP contribution in [0.1, 0.15) is 28.4 Å². The van der Waals surface area contributed by atoms with Crippen LogP contribution in [-0.4, -0.2) is 11.0 Å². The van der Waals surface area contributed by atoms with Gasteiger partial charge in [-0.2, -0.15) is 0 Å².